The number of allylic oxidation sites excluding steroid dienone is 2. The Hall–Kier alpha value is -3.64. The van der Waals surface area contributed by atoms with Crippen molar-refractivity contribution in [3.05, 3.63) is 59.0 Å². The van der Waals surface area contributed by atoms with Gasteiger partial charge in [-0.2, -0.15) is 0 Å². The molecule has 0 aliphatic carbocycles. The van der Waals surface area contributed by atoms with Crippen molar-refractivity contribution >= 4 is 57.9 Å². The zero-order valence-corrected chi connectivity index (χ0v) is 22.8. The van der Waals surface area contributed by atoms with Gasteiger partial charge in [0.15, 0.2) is 0 Å². The minimum Gasteiger partial charge on any atom is -0.335 e. The summed E-state index contributed by atoms with van der Waals surface area (Å²) < 4.78 is 11.0. The maximum atomic E-state index is 13.2. The molecule has 5 heterocycles. The molecule has 1 aromatic carbocycles. The number of hydrogen-bond acceptors (Lipinski definition) is 3. The van der Waals surface area contributed by atoms with Gasteiger partial charge >= 0.3 is 0 Å². The molecule has 0 saturated carbocycles. The second-order valence-electron chi connectivity index (χ2n) is 8.70. The molecule has 2 atom stereocenters. The van der Waals surface area contributed by atoms with Crippen LogP contribution in [-0.4, -0.2) is 20.9 Å². The van der Waals surface area contributed by atoms with Gasteiger partial charge in [-0.15, -0.1) is 0 Å². The number of nitrogens with one attached hydrogen (secondary N) is 1. The van der Waals surface area contributed by atoms with Gasteiger partial charge in [-0.05, 0) is 45.3 Å². The van der Waals surface area contributed by atoms with Crippen LogP contribution in [0.4, 0.5) is 0 Å². The average Bonchev–Trinajstić information content (AvgIpc) is 3.51. The fraction of sp³-hybridized carbons (Fsp3) is 0.355. The van der Waals surface area contributed by atoms with Gasteiger partial charge in [0.1, 0.15) is 12.5 Å². The molecule has 3 aliphatic rings. The van der Waals surface area contributed by atoms with E-state index in [4.69, 9.17) is 4.74 Å². The van der Waals surface area contributed by atoms with Crippen molar-refractivity contribution in [1.82, 2.24) is 14.5 Å². The highest BCUT2D eigenvalue weighted by Gasteiger charge is 2.42. The normalized spacial score (nSPS) is 19.5. The monoisotopic (exact) mass is 499 g/mol. The predicted molar refractivity (Wildman–Crippen MR) is 155 cm³/mol. The molecule has 3 aromatic rings. The van der Waals surface area contributed by atoms with Gasteiger partial charge in [-0.3, -0.25) is 14.9 Å². The molecule has 2 aromatic heterocycles. The largest absolute Gasteiger partial charge is 0.335 e. The van der Waals surface area contributed by atoms with E-state index in [-0.39, 0.29) is 24.3 Å². The lowest BCUT2D eigenvalue weighted by Crippen LogP contribution is -2.23. The Kier molecular flexibility index (Phi) is 7.42. The number of imide groups is 1. The summed E-state index contributed by atoms with van der Waals surface area (Å²) >= 11 is 0. The molecule has 2 amide bonds. The van der Waals surface area contributed by atoms with Crippen molar-refractivity contribution in [2.75, 3.05) is 0 Å². The van der Waals surface area contributed by atoms with E-state index in [2.05, 4.69) is 27.6 Å². The quantitative estimate of drug-likeness (QED) is 0.369. The Bertz CT molecular complexity index is 1390. The van der Waals surface area contributed by atoms with Crippen LogP contribution in [0.2, 0.25) is 0 Å². The first-order valence-corrected chi connectivity index (χ1v) is 13.4. The lowest BCUT2D eigenvalue weighted by molar-refractivity contribution is -0.118. The summed E-state index contributed by atoms with van der Waals surface area (Å²) in [5.41, 5.74) is 6.29. The van der Waals surface area contributed by atoms with E-state index < -0.39 is 0 Å². The van der Waals surface area contributed by atoms with Gasteiger partial charge in [0.25, 0.3) is 11.8 Å². The molecule has 2 bridgehead atoms. The summed E-state index contributed by atoms with van der Waals surface area (Å²) in [5, 5.41) is 4.12. The first kappa shape index (κ1) is 26.4. The summed E-state index contributed by atoms with van der Waals surface area (Å²) in [6.45, 7) is 20.1. The molecule has 3 aliphatic heterocycles. The number of hydrogen-bond donors (Lipinski definition) is 1. The van der Waals surface area contributed by atoms with Crippen LogP contribution in [-0.2, 0) is 4.74 Å². The van der Waals surface area contributed by atoms with E-state index >= 15 is 0 Å². The van der Waals surface area contributed by atoms with E-state index in [1.807, 2.05) is 78.0 Å². The van der Waals surface area contributed by atoms with Crippen molar-refractivity contribution in [3.8, 4) is 0 Å². The van der Waals surface area contributed by atoms with E-state index in [1.165, 1.54) is 0 Å². The third kappa shape index (κ3) is 3.50. The van der Waals surface area contributed by atoms with Crippen molar-refractivity contribution in [2.45, 2.75) is 73.3 Å². The Morgan fingerprint density at radius 2 is 1.19 bits per heavy atom. The standard InChI is InChI=1S/C27H25N3O3.2C2H6/c1-5-10-14-16(7-3)29-18-12-9-13-19(33-18)30-17(8-4)15(11-6-2)21-23-22(26(31)28-27(23)32)20(14)24(29)25(21)30;2*1-2/h5-8,10-11,18-19H,3-4,9,12-13H2,1-2H3,(H,28,31,32);2*1-2H3/b10-5-,11-6-;;. The predicted octanol–water partition coefficient (Wildman–Crippen LogP) is 8.10. The van der Waals surface area contributed by atoms with Crippen molar-refractivity contribution < 1.29 is 14.3 Å². The molecular weight excluding hydrogens is 462 g/mol. The van der Waals surface area contributed by atoms with E-state index in [0.717, 1.165) is 63.6 Å². The molecular formula is C31H37N3O3. The van der Waals surface area contributed by atoms with Gasteiger partial charge in [-0.1, -0.05) is 65.2 Å². The van der Waals surface area contributed by atoms with Crippen molar-refractivity contribution in [1.29, 1.82) is 0 Å². The van der Waals surface area contributed by atoms with Crippen LogP contribution in [0.15, 0.2) is 25.3 Å². The third-order valence-corrected chi connectivity index (χ3v) is 7.07. The van der Waals surface area contributed by atoms with Crippen LogP contribution in [0.3, 0.4) is 0 Å². The first-order valence-electron chi connectivity index (χ1n) is 13.4. The molecule has 6 rings (SSSR count). The topological polar surface area (TPSA) is 65.3 Å². The summed E-state index contributed by atoms with van der Waals surface area (Å²) in [7, 11) is 0. The number of ether oxygens (including phenoxy) is 1. The summed E-state index contributed by atoms with van der Waals surface area (Å²) in [6, 6.07) is 0. The van der Waals surface area contributed by atoms with Crippen LogP contribution in [0, 0.1) is 0 Å². The molecule has 6 heteroatoms. The van der Waals surface area contributed by atoms with Gasteiger partial charge < -0.3 is 13.9 Å². The first-order chi connectivity index (χ1) is 18.1. The SMILES string of the molecule is C=Cc1c(/C=C\C)c2c3c(c4c(/C=C\C)c(C=C)n5c4c2n1C1CCCC5O1)C(=O)NC3=O.CC.CC. The zero-order valence-electron chi connectivity index (χ0n) is 22.8. The highest BCUT2D eigenvalue weighted by Crippen LogP contribution is 2.51. The lowest BCUT2D eigenvalue weighted by Gasteiger charge is -2.31. The molecule has 2 unspecified atom stereocenters. The van der Waals surface area contributed by atoms with Gasteiger partial charge in [0.2, 0.25) is 0 Å². The maximum absolute atomic E-state index is 13.2. The molecule has 194 valence electrons. The number of amides is 2. The number of rotatable bonds is 4. The smallest absolute Gasteiger partial charge is 0.259 e. The number of fused-ring (bicyclic) bond motifs is 7. The van der Waals surface area contributed by atoms with Crippen LogP contribution >= 0.6 is 0 Å². The summed E-state index contributed by atoms with van der Waals surface area (Å²) in [5.74, 6) is -0.717. The summed E-state index contributed by atoms with van der Waals surface area (Å²) in [6.07, 6.45) is 13.9. The molecule has 37 heavy (non-hydrogen) atoms. The molecule has 0 radical (unpaired) electrons. The third-order valence-electron chi connectivity index (χ3n) is 7.07. The Morgan fingerprint density at radius 1 is 0.784 bits per heavy atom. The minimum absolute atomic E-state index is 0.178. The van der Waals surface area contributed by atoms with Gasteiger partial charge in [0, 0.05) is 21.9 Å². The van der Waals surface area contributed by atoms with Gasteiger partial charge in [0.05, 0.1) is 33.5 Å². The minimum atomic E-state index is -0.358. The van der Waals surface area contributed by atoms with E-state index in [9.17, 15) is 9.59 Å². The summed E-state index contributed by atoms with van der Waals surface area (Å²) in [4.78, 5) is 26.4. The van der Waals surface area contributed by atoms with E-state index in [1.54, 1.807) is 0 Å². The van der Waals surface area contributed by atoms with Crippen LogP contribution < -0.4 is 5.32 Å². The zero-order chi connectivity index (χ0) is 27.0. The van der Waals surface area contributed by atoms with Crippen molar-refractivity contribution in [3.63, 3.8) is 0 Å². The number of benzene rings is 1. The average molecular weight is 500 g/mol. The molecule has 0 spiro atoms. The Labute approximate surface area is 219 Å². The Balaban J connectivity index is 0.000000765. The Morgan fingerprint density at radius 3 is 1.54 bits per heavy atom. The number of carbonyl (C=O) groups is 2. The van der Waals surface area contributed by atoms with Crippen LogP contribution in [0.25, 0.3) is 46.1 Å². The lowest BCUT2D eigenvalue weighted by atomic mass is 9.94. The fourth-order valence-corrected chi connectivity index (χ4v) is 6.01. The molecule has 1 fully saturated rings. The second kappa shape index (κ2) is 10.4. The molecule has 1 saturated heterocycles. The van der Waals surface area contributed by atoms with Gasteiger partial charge in [-0.25, -0.2) is 0 Å². The number of carbonyl (C=O) groups excluding carboxylic acids is 2. The number of nitrogens with zero attached hydrogens (tertiary/aromatic N) is 2. The molecule has 1 N–H and O–H groups in total. The van der Waals surface area contributed by atoms with Crippen LogP contribution in [0.1, 0.15) is 116 Å². The van der Waals surface area contributed by atoms with Crippen LogP contribution in [0.5, 0.6) is 0 Å². The van der Waals surface area contributed by atoms with E-state index in [0.29, 0.717) is 11.1 Å². The van der Waals surface area contributed by atoms with Crippen molar-refractivity contribution in [2.24, 2.45) is 0 Å². The highest BCUT2D eigenvalue weighted by atomic mass is 16.5. The molecule has 6 nitrogen and oxygen atoms in total. The fourth-order valence-electron chi connectivity index (χ4n) is 6.01. The maximum Gasteiger partial charge on any atom is 0.259 e. The highest BCUT2D eigenvalue weighted by molar-refractivity contribution is 6.35. The second-order valence-corrected chi connectivity index (χ2v) is 8.70. The number of aromatic nitrogens is 2.